The molecule has 3 rings (SSSR count). The van der Waals surface area contributed by atoms with Crippen molar-refractivity contribution in [3.05, 3.63) is 93.0 Å². The highest BCUT2D eigenvalue weighted by molar-refractivity contribution is 6.35. The number of phenolic OH excluding ortho intramolecular Hbond substituents is 1. The number of phenols is 1. The molecule has 0 heterocycles. The Labute approximate surface area is 210 Å². The summed E-state index contributed by atoms with van der Waals surface area (Å²) in [6.07, 6.45) is 1.47. The van der Waals surface area contributed by atoms with Crippen molar-refractivity contribution in [1.82, 2.24) is 4.90 Å². The molecule has 0 aromatic heterocycles. The van der Waals surface area contributed by atoms with E-state index in [0.717, 1.165) is 17.5 Å². The molecule has 0 saturated heterocycles. The summed E-state index contributed by atoms with van der Waals surface area (Å²) in [5.41, 5.74) is 3.07. The van der Waals surface area contributed by atoms with Gasteiger partial charge in [-0.2, -0.15) is 0 Å². The summed E-state index contributed by atoms with van der Waals surface area (Å²) in [6.45, 7) is 6.13. The molecule has 0 aliphatic rings. The Kier molecular flexibility index (Phi) is 8.59. The van der Waals surface area contributed by atoms with E-state index in [0.29, 0.717) is 29.2 Å². The highest BCUT2D eigenvalue weighted by Gasteiger charge is 2.34. The van der Waals surface area contributed by atoms with Crippen LogP contribution in [0.4, 0.5) is 5.69 Å². The molecule has 0 spiro atoms. The second-order valence-corrected chi connectivity index (χ2v) is 9.04. The van der Waals surface area contributed by atoms with Crippen LogP contribution in [-0.4, -0.2) is 28.4 Å². The fraction of sp³-hybridized carbons (Fsp3) is 0.259. The van der Waals surface area contributed by atoms with Crippen LogP contribution in [0.15, 0.2) is 60.7 Å². The zero-order valence-corrected chi connectivity index (χ0v) is 21.0. The van der Waals surface area contributed by atoms with E-state index in [1.807, 2.05) is 39.0 Å². The molecule has 0 aliphatic carbocycles. The van der Waals surface area contributed by atoms with Gasteiger partial charge in [0.2, 0.25) is 0 Å². The number of aryl methyl sites for hydroxylation is 2. The number of hydrogen-bond donors (Lipinski definition) is 2. The number of para-hydroxylation sites is 2. The van der Waals surface area contributed by atoms with Crippen molar-refractivity contribution in [2.45, 2.75) is 39.7 Å². The summed E-state index contributed by atoms with van der Waals surface area (Å²) in [5, 5.41) is 14.1. The van der Waals surface area contributed by atoms with E-state index >= 15 is 0 Å². The van der Waals surface area contributed by atoms with Crippen LogP contribution in [0.25, 0.3) is 0 Å². The molecule has 3 aromatic rings. The molecule has 0 aliphatic heterocycles. The van der Waals surface area contributed by atoms with Gasteiger partial charge in [0.25, 0.3) is 11.8 Å². The molecule has 34 heavy (non-hydrogen) atoms. The Bertz CT molecular complexity index is 1180. The zero-order chi connectivity index (χ0) is 24.8. The van der Waals surface area contributed by atoms with Crippen molar-refractivity contribution in [1.29, 1.82) is 0 Å². The van der Waals surface area contributed by atoms with Crippen LogP contribution < -0.4 is 5.32 Å². The van der Waals surface area contributed by atoms with Crippen LogP contribution in [0.1, 0.15) is 52.9 Å². The molecule has 178 valence electrons. The largest absolute Gasteiger partial charge is 0.507 e. The number of aromatic hydroxyl groups is 1. The summed E-state index contributed by atoms with van der Waals surface area (Å²) in [4.78, 5) is 29.0. The number of amides is 2. The molecule has 7 heteroatoms. The van der Waals surface area contributed by atoms with Crippen LogP contribution >= 0.6 is 23.2 Å². The van der Waals surface area contributed by atoms with Crippen LogP contribution in [0.3, 0.4) is 0 Å². The monoisotopic (exact) mass is 498 g/mol. The number of benzene rings is 3. The summed E-state index contributed by atoms with van der Waals surface area (Å²) >= 11 is 12.7. The van der Waals surface area contributed by atoms with Crippen LogP contribution in [0.2, 0.25) is 10.0 Å². The number of unbranched alkanes of at least 4 members (excludes halogenated alkanes) is 1. The molecular weight excluding hydrogens is 471 g/mol. The van der Waals surface area contributed by atoms with Crippen LogP contribution in [0.5, 0.6) is 5.75 Å². The lowest BCUT2D eigenvalue weighted by molar-refractivity contribution is -0.120. The van der Waals surface area contributed by atoms with Crippen molar-refractivity contribution < 1.29 is 14.7 Å². The number of nitrogens with one attached hydrogen (secondary N) is 1. The first-order chi connectivity index (χ1) is 16.2. The Morgan fingerprint density at radius 2 is 1.68 bits per heavy atom. The van der Waals surface area contributed by atoms with E-state index in [1.54, 1.807) is 36.4 Å². The first kappa shape index (κ1) is 25.6. The number of hydrogen-bond acceptors (Lipinski definition) is 3. The van der Waals surface area contributed by atoms with Crippen LogP contribution in [-0.2, 0) is 4.79 Å². The van der Waals surface area contributed by atoms with E-state index in [2.05, 4.69) is 5.32 Å². The summed E-state index contributed by atoms with van der Waals surface area (Å²) < 4.78 is 0. The average molecular weight is 499 g/mol. The zero-order valence-electron chi connectivity index (χ0n) is 19.4. The molecule has 0 saturated carbocycles. The minimum absolute atomic E-state index is 0.119. The molecule has 2 N–H and O–H groups in total. The Morgan fingerprint density at radius 1 is 1.00 bits per heavy atom. The van der Waals surface area contributed by atoms with Gasteiger partial charge in [0.1, 0.15) is 11.8 Å². The Balaban J connectivity index is 2.13. The number of anilines is 1. The van der Waals surface area contributed by atoms with Gasteiger partial charge in [0.05, 0.1) is 5.56 Å². The standard InChI is InChI=1S/C27H28Cl2N2O3/c1-4-5-15-31(27(34)21-11-6-7-12-23(21)32)25(20-14-13-19(28)16-22(20)29)26(33)30-24-17(2)9-8-10-18(24)3/h6-14,16,25,32H,4-5,15H2,1-3H3,(H,30,33)/t25-/m0/s1. The minimum atomic E-state index is -1.04. The smallest absolute Gasteiger partial charge is 0.258 e. The lowest BCUT2D eigenvalue weighted by atomic mass is 10.0. The third-order valence-corrected chi connectivity index (χ3v) is 6.26. The topological polar surface area (TPSA) is 69.6 Å². The molecule has 0 bridgehead atoms. The fourth-order valence-corrected chi connectivity index (χ4v) is 4.37. The number of carbonyl (C=O) groups is 2. The van der Waals surface area contributed by atoms with Gasteiger partial charge in [-0.05, 0) is 55.7 Å². The van der Waals surface area contributed by atoms with E-state index in [1.165, 1.54) is 11.0 Å². The van der Waals surface area contributed by atoms with Crippen molar-refractivity contribution in [2.75, 3.05) is 11.9 Å². The third-order valence-electron chi connectivity index (χ3n) is 5.69. The fourth-order valence-electron chi connectivity index (χ4n) is 3.86. The number of halogens is 2. The van der Waals surface area contributed by atoms with Crippen molar-refractivity contribution in [2.24, 2.45) is 0 Å². The Hall–Kier alpha value is -3.02. The molecular formula is C27H28Cl2N2O3. The van der Waals surface area contributed by atoms with Gasteiger partial charge in [-0.3, -0.25) is 9.59 Å². The summed E-state index contributed by atoms with van der Waals surface area (Å²) in [5.74, 6) is -1.01. The maximum Gasteiger partial charge on any atom is 0.258 e. The predicted molar refractivity (Wildman–Crippen MR) is 138 cm³/mol. The minimum Gasteiger partial charge on any atom is -0.507 e. The second-order valence-electron chi connectivity index (χ2n) is 8.19. The quantitative estimate of drug-likeness (QED) is 0.353. The predicted octanol–water partition coefficient (Wildman–Crippen LogP) is 6.94. The lowest BCUT2D eigenvalue weighted by Gasteiger charge is -2.32. The molecule has 5 nitrogen and oxygen atoms in total. The third kappa shape index (κ3) is 5.72. The van der Waals surface area contributed by atoms with Crippen molar-refractivity contribution in [3.8, 4) is 5.75 Å². The molecule has 3 aromatic carbocycles. The molecule has 1 atom stereocenters. The van der Waals surface area contributed by atoms with Gasteiger partial charge in [-0.1, -0.05) is 72.9 Å². The highest BCUT2D eigenvalue weighted by atomic mass is 35.5. The molecule has 2 amide bonds. The van der Waals surface area contributed by atoms with Gasteiger partial charge in [0, 0.05) is 27.8 Å². The van der Waals surface area contributed by atoms with Gasteiger partial charge >= 0.3 is 0 Å². The number of rotatable bonds is 8. The molecule has 0 unspecified atom stereocenters. The van der Waals surface area contributed by atoms with Crippen molar-refractivity contribution >= 4 is 40.7 Å². The number of nitrogens with zero attached hydrogens (tertiary/aromatic N) is 1. The SMILES string of the molecule is CCCCN(C(=O)c1ccccc1O)[C@H](C(=O)Nc1c(C)cccc1C)c1ccc(Cl)cc1Cl. The van der Waals surface area contributed by atoms with Gasteiger partial charge < -0.3 is 15.3 Å². The van der Waals surface area contributed by atoms with E-state index < -0.39 is 17.9 Å². The van der Waals surface area contributed by atoms with Gasteiger partial charge in [-0.15, -0.1) is 0 Å². The van der Waals surface area contributed by atoms with E-state index in [-0.39, 0.29) is 16.3 Å². The van der Waals surface area contributed by atoms with Crippen LogP contribution in [0, 0.1) is 13.8 Å². The van der Waals surface area contributed by atoms with E-state index in [9.17, 15) is 14.7 Å². The van der Waals surface area contributed by atoms with E-state index in [4.69, 9.17) is 23.2 Å². The maximum absolute atomic E-state index is 13.8. The van der Waals surface area contributed by atoms with Gasteiger partial charge in [0.15, 0.2) is 0 Å². The first-order valence-corrected chi connectivity index (χ1v) is 11.9. The molecule has 0 radical (unpaired) electrons. The Morgan fingerprint density at radius 3 is 2.29 bits per heavy atom. The normalized spacial score (nSPS) is 11.7. The second kappa shape index (κ2) is 11.4. The average Bonchev–Trinajstić information content (AvgIpc) is 2.80. The summed E-state index contributed by atoms with van der Waals surface area (Å²) in [6, 6.07) is 15.9. The van der Waals surface area contributed by atoms with Gasteiger partial charge in [-0.25, -0.2) is 0 Å². The highest BCUT2D eigenvalue weighted by Crippen LogP contribution is 2.34. The first-order valence-electron chi connectivity index (χ1n) is 11.2. The number of carbonyl (C=O) groups excluding carboxylic acids is 2. The maximum atomic E-state index is 13.8. The summed E-state index contributed by atoms with van der Waals surface area (Å²) in [7, 11) is 0. The lowest BCUT2D eigenvalue weighted by Crippen LogP contribution is -2.42. The van der Waals surface area contributed by atoms with Crippen molar-refractivity contribution in [3.63, 3.8) is 0 Å². The molecule has 0 fully saturated rings.